The van der Waals surface area contributed by atoms with Crippen molar-refractivity contribution in [3.05, 3.63) is 0 Å². The van der Waals surface area contributed by atoms with Crippen molar-refractivity contribution in [3.8, 4) is 0 Å². The van der Waals surface area contributed by atoms with Gasteiger partial charge >= 0.3 is 0 Å². The monoisotopic (exact) mass is 380 g/mol. The third-order valence-electron chi connectivity index (χ3n) is 0. The van der Waals surface area contributed by atoms with Crippen molar-refractivity contribution in [1.82, 2.24) is 0 Å². The average molecular weight is 380 g/mol. The van der Waals surface area contributed by atoms with Gasteiger partial charge in [-0.05, 0) is 0 Å². The zero-order chi connectivity index (χ0) is 4.50. The van der Waals surface area contributed by atoms with E-state index in [0.29, 0.717) is 0 Å². The Morgan fingerprint density at radius 2 is 0.727 bits per heavy atom. The average Bonchev–Trinajstić information content (AvgIpc) is 0.722. The summed E-state index contributed by atoms with van der Waals surface area (Å²) in [5.41, 5.74) is -4.42. The second kappa shape index (κ2) is 22.4. The van der Waals surface area contributed by atoms with Crippen LogP contribution in [-0.4, -0.2) is 5.51 Å². The van der Waals surface area contributed by atoms with Gasteiger partial charge in [-0.15, -0.1) is 0 Å². The summed E-state index contributed by atoms with van der Waals surface area (Å²) < 4.78 is 30.5. The summed E-state index contributed by atoms with van der Waals surface area (Å²) in [5, 5.41) is 0. The fourth-order valence-corrected chi connectivity index (χ4v) is 0. The van der Waals surface area contributed by atoms with Crippen LogP contribution in [0.4, 0.5) is 13.2 Å². The third-order valence-corrected chi connectivity index (χ3v) is 0. The maximum atomic E-state index is 10.2. The standard InChI is InChI=1S/CHF3S.5FH.W/c2-1(3,4)5;;;;;;/h5H;5*1H;/p-6. The van der Waals surface area contributed by atoms with E-state index in [0.717, 1.165) is 0 Å². The molecular formula is CF8SW-6. The summed E-state index contributed by atoms with van der Waals surface area (Å²) in [6.45, 7) is 0. The third kappa shape index (κ3) is 3290. The summed E-state index contributed by atoms with van der Waals surface area (Å²) in [4.78, 5) is 0. The van der Waals surface area contributed by atoms with E-state index in [1.165, 1.54) is 0 Å². The van der Waals surface area contributed by atoms with Gasteiger partial charge in [-0.2, -0.15) is 13.2 Å². The Labute approximate surface area is 76.4 Å². The zero-order valence-corrected chi connectivity index (χ0v) is 8.09. The Bertz CT molecular complexity index is 29.6. The molecule has 0 heterocycles. The van der Waals surface area contributed by atoms with Gasteiger partial charge in [0.05, 0.1) is 0 Å². The molecule has 0 spiro atoms. The first-order chi connectivity index (χ1) is 2.00. The molecule has 0 radical (unpaired) electrons. The molecule has 0 rings (SSSR count). The van der Waals surface area contributed by atoms with E-state index in [9.17, 15) is 13.2 Å². The van der Waals surface area contributed by atoms with Crippen molar-refractivity contribution in [2.75, 3.05) is 0 Å². The molecule has 0 aromatic carbocycles. The number of halogens is 8. The summed E-state index contributed by atoms with van der Waals surface area (Å²) in [5.74, 6) is 0. The van der Waals surface area contributed by atoms with Gasteiger partial charge in [-0.3, -0.25) is 0 Å². The normalized spacial score (nSPS) is 5.45. The summed E-state index contributed by atoms with van der Waals surface area (Å²) >= 11 is 2.83. The Balaban J connectivity index is -0.00000000533. The van der Waals surface area contributed by atoms with Crippen LogP contribution in [0.15, 0.2) is 0 Å². The summed E-state index contributed by atoms with van der Waals surface area (Å²) in [6.07, 6.45) is 0. The summed E-state index contributed by atoms with van der Waals surface area (Å²) in [7, 11) is 0. The van der Waals surface area contributed by atoms with E-state index in [-0.39, 0.29) is 44.6 Å². The van der Waals surface area contributed by atoms with Crippen LogP contribution in [0.3, 0.4) is 0 Å². The summed E-state index contributed by atoms with van der Waals surface area (Å²) in [6, 6.07) is 0. The van der Waals surface area contributed by atoms with Crippen LogP contribution in [0.1, 0.15) is 0 Å². The topological polar surface area (TPSA) is 0 Å². The van der Waals surface area contributed by atoms with E-state index >= 15 is 0 Å². The molecule has 0 nitrogen and oxygen atoms in total. The Hall–Kier alpha value is 0.478. The van der Waals surface area contributed by atoms with Gasteiger partial charge < -0.3 is 36.2 Å². The van der Waals surface area contributed by atoms with Crippen LogP contribution >= 0.6 is 0 Å². The van der Waals surface area contributed by atoms with Gasteiger partial charge in [0.1, 0.15) is 0 Å². The van der Waals surface area contributed by atoms with Crippen molar-refractivity contribution in [1.29, 1.82) is 0 Å². The maximum absolute atomic E-state index is 10.2. The molecule has 10 heteroatoms. The number of hydrogen-bond donors (Lipinski definition) is 0. The Morgan fingerprint density at radius 3 is 0.727 bits per heavy atom. The molecule has 0 unspecified atom stereocenters. The van der Waals surface area contributed by atoms with Crippen molar-refractivity contribution in [2.45, 2.75) is 5.51 Å². The molecule has 0 N–H and O–H groups in total. The predicted molar refractivity (Wildman–Crippen MR) is 13.4 cm³/mol. The van der Waals surface area contributed by atoms with E-state index in [4.69, 9.17) is 0 Å². The first-order valence-corrected chi connectivity index (χ1v) is 1.18. The van der Waals surface area contributed by atoms with Gasteiger partial charge in [-0.1, -0.05) is 0 Å². The van der Waals surface area contributed by atoms with Crippen LogP contribution in [0.5, 0.6) is 0 Å². The van der Waals surface area contributed by atoms with Gasteiger partial charge in [0, 0.05) is 21.1 Å². The zero-order valence-electron chi connectivity index (χ0n) is 4.34. The van der Waals surface area contributed by atoms with Crippen LogP contribution in [-0.2, 0) is 33.7 Å². The second-order valence-corrected chi connectivity index (χ2v) is 0.909. The second-order valence-electron chi connectivity index (χ2n) is 0.446. The smallest absolute Gasteiger partial charge is 0.276 e. The molecule has 0 amide bonds. The number of rotatable bonds is 0. The van der Waals surface area contributed by atoms with Gasteiger partial charge in [-0.25, -0.2) is 0 Å². The van der Waals surface area contributed by atoms with E-state index in [1.807, 2.05) is 0 Å². The van der Waals surface area contributed by atoms with Gasteiger partial charge in [0.2, 0.25) is 0 Å². The van der Waals surface area contributed by atoms with Crippen molar-refractivity contribution < 1.29 is 57.8 Å². The minimum absolute atomic E-state index is 0. The molecular weight excluding hydrogens is 380 g/mol. The quantitative estimate of drug-likeness (QED) is 0.297. The number of hydrogen-bond acceptors (Lipinski definition) is 1. The first kappa shape index (κ1) is 62.8. The van der Waals surface area contributed by atoms with Gasteiger partial charge in [0.15, 0.2) is 0 Å². The fraction of sp³-hybridized carbons (Fsp3) is 1.00. The first-order valence-electron chi connectivity index (χ1n) is 0.771. The minimum Gasteiger partial charge on any atom is -1.00 e. The van der Waals surface area contributed by atoms with E-state index in [2.05, 4.69) is 12.6 Å². The van der Waals surface area contributed by atoms with Crippen LogP contribution in [0, 0.1) is 0 Å². The Morgan fingerprint density at radius 1 is 0.727 bits per heavy atom. The predicted octanol–water partition coefficient (Wildman–Crippen LogP) is -13.9. The Kier molecular flexibility index (Phi) is 128. The van der Waals surface area contributed by atoms with E-state index < -0.39 is 5.51 Å². The van der Waals surface area contributed by atoms with E-state index in [1.54, 1.807) is 0 Å². The van der Waals surface area contributed by atoms with Crippen molar-refractivity contribution >= 4 is 12.6 Å². The molecule has 78 valence electrons. The van der Waals surface area contributed by atoms with Gasteiger partial charge in [0.25, 0.3) is 5.51 Å². The molecule has 0 aliphatic rings. The maximum Gasteiger partial charge on any atom is 0.276 e. The molecule has 0 aliphatic heterocycles. The molecule has 0 aliphatic carbocycles. The van der Waals surface area contributed by atoms with Crippen LogP contribution in [0.25, 0.3) is 0 Å². The fourth-order valence-electron chi connectivity index (χ4n) is 0. The molecule has 0 saturated heterocycles. The largest absolute Gasteiger partial charge is 1.00 e. The van der Waals surface area contributed by atoms with Crippen LogP contribution < -0.4 is 23.5 Å². The molecule has 0 aromatic heterocycles. The van der Waals surface area contributed by atoms with Crippen molar-refractivity contribution in [3.63, 3.8) is 0 Å². The number of alkyl halides is 3. The molecule has 0 fully saturated rings. The van der Waals surface area contributed by atoms with Crippen molar-refractivity contribution in [2.24, 2.45) is 0 Å². The molecule has 0 saturated carbocycles. The van der Waals surface area contributed by atoms with Crippen LogP contribution in [0.2, 0.25) is 0 Å². The molecule has 0 aromatic rings. The minimum atomic E-state index is -4.42. The molecule has 11 heavy (non-hydrogen) atoms. The molecule has 0 atom stereocenters. The SMILES string of the molecule is FC(F)(F)[S-].[F-].[F-].[F-].[F-].[F-].[W]. The molecule has 0 bridgehead atoms.